The predicted molar refractivity (Wildman–Crippen MR) is 267 cm³/mol. The van der Waals surface area contributed by atoms with Crippen LogP contribution in [-0.4, -0.2) is 45.9 Å². The number of unbranched alkanes of at least 4 members (excludes halogenated alkanes) is 20. The van der Waals surface area contributed by atoms with E-state index in [1.54, 1.807) is 91.1 Å². The van der Waals surface area contributed by atoms with Gasteiger partial charge in [-0.15, -0.1) is 0 Å². The van der Waals surface area contributed by atoms with Gasteiger partial charge in [-0.25, -0.2) is 0 Å². The van der Waals surface area contributed by atoms with Gasteiger partial charge >= 0.3 is 363 Å². The summed E-state index contributed by atoms with van der Waals surface area (Å²) >= 11 is -10.4. The van der Waals surface area contributed by atoms with Gasteiger partial charge in [0.2, 0.25) is 0 Å². The molecule has 0 spiro atoms. The Balaban J connectivity index is 8.50. The zero-order valence-corrected chi connectivity index (χ0v) is 49.1. The number of hydrogen-bond donors (Lipinski definition) is 0. The molecule has 0 aromatic heterocycles. The Kier molecular flexibility index (Phi) is 39.3. The van der Waals surface area contributed by atoms with Crippen molar-refractivity contribution in [3.63, 3.8) is 0 Å². The molecule has 0 bridgehead atoms. The Morgan fingerprint density at radius 3 is 0.491 bits per heavy atom. The number of hydrogen-bond acceptors (Lipinski definition) is 1. The van der Waals surface area contributed by atoms with E-state index < -0.39 is 45.9 Å². The fraction of sp³-hybridized carbons (Fsp3) is 1.00. The molecule has 0 rings (SSSR count). The Labute approximate surface area is 360 Å². The maximum atomic E-state index is 9.67. The van der Waals surface area contributed by atoms with Crippen LogP contribution >= 0.6 is 0 Å². The van der Waals surface area contributed by atoms with Gasteiger partial charge in [-0.2, -0.15) is 0 Å². The molecule has 0 radical (unpaired) electrons. The van der Waals surface area contributed by atoms with Crippen LogP contribution in [0, 0.1) is 0 Å². The van der Waals surface area contributed by atoms with Crippen molar-refractivity contribution >= 4 is 45.9 Å². The summed E-state index contributed by atoms with van der Waals surface area (Å²) in [6.07, 6.45) is 44.3. The molecule has 0 saturated carbocycles. The zero-order valence-electron chi connectivity index (χ0n) is 40.7. The molecule has 0 aliphatic carbocycles. The van der Waals surface area contributed by atoms with Gasteiger partial charge in [0.05, 0.1) is 0 Å². The zero-order chi connectivity index (χ0) is 41.0. The van der Waals surface area contributed by atoms with Crippen molar-refractivity contribution in [3.8, 4) is 0 Å². The molecule has 0 aromatic carbocycles. The summed E-state index contributed by atoms with van der Waals surface area (Å²) in [4.78, 5) is 0. The fourth-order valence-corrected chi connectivity index (χ4v) is 196. The van der Waals surface area contributed by atoms with Crippen molar-refractivity contribution in [2.45, 2.75) is 314 Å². The van der Waals surface area contributed by atoms with Gasteiger partial charge in [0.15, 0.2) is 0 Å². The first kappa shape index (κ1) is 57.1. The minimum atomic E-state index is -2.79. The molecule has 0 unspecified atom stereocenters. The summed E-state index contributed by atoms with van der Waals surface area (Å²) in [5.41, 5.74) is 0. The van der Waals surface area contributed by atoms with Crippen molar-refractivity contribution < 1.29 is 2.79 Å². The topological polar surface area (TPSA) is 9.23 Å². The third-order valence-corrected chi connectivity index (χ3v) is 140. The van der Waals surface area contributed by atoms with Crippen LogP contribution in [0.1, 0.15) is 262 Å². The second kappa shape index (κ2) is 37.9. The van der Waals surface area contributed by atoms with E-state index in [4.69, 9.17) is 0 Å². The molecule has 0 heterocycles. The van der Waals surface area contributed by atoms with Crippen LogP contribution in [0.3, 0.4) is 0 Å². The van der Waals surface area contributed by atoms with Gasteiger partial charge < -0.3 is 0 Å². The molecule has 0 amide bonds. The third kappa shape index (κ3) is 22.2. The Bertz CT molecular complexity index is 666. The average Bonchev–Trinajstić information content (AvgIpc) is 3.18. The molecular weight excluding hydrogens is 907 g/mol. The van der Waals surface area contributed by atoms with E-state index in [9.17, 15) is 2.79 Å². The van der Waals surface area contributed by atoms with E-state index in [0.717, 1.165) is 0 Å². The Morgan fingerprint density at radius 2 is 0.345 bits per heavy atom. The first-order chi connectivity index (χ1) is 26.8. The average molecular weight is 1020 g/mol. The van der Waals surface area contributed by atoms with Crippen molar-refractivity contribution in [1.82, 2.24) is 0 Å². The molecule has 0 aromatic rings. The Morgan fingerprint density at radius 1 is 0.200 bits per heavy atom. The molecule has 0 saturated heterocycles. The second-order valence-electron chi connectivity index (χ2n) is 19.2. The molecule has 332 valence electrons. The monoisotopic (exact) mass is 1020 g/mol. The van der Waals surface area contributed by atoms with Gasteiger partial charge in [0.1, 0.15) is 0 Å². The SMILES string of the molecule is CCCC[CH2][Ge]([CH2]CCCC)([CH2]CCCC)[Ge]([CH2]CCCC)([CH2]CCCC)[O][Ge]([CH2]CCCC)([CH2]CCCC)[Ge]([CH2]CCCC)([CH2]CCCC)[CH2]CCCC. The molecule has 1 nitrogen and oxygen atoms in total. The first-order valence-electron chi connectivity index (χ1n) is 26.5. The van der Waals surface area contributed by atoms with Crippen LogP contribution in [0.15, 0.2) is 0 Å². The van der Waals surface area contributed by atoms with Crippen LogP contribution in [0.5, 0.6) is 0 Å². The van der Waals surface area contributed by atoms with Gasteiger partial charge in [0.25, 0.3) is 0 Å². The molecule has 0 N–H and O–H groups in total. The van der Waals surface area contributed by atoms with E-state index in [1.807, 2.05) is 0 Å². The van der Waals surface area contributed by atoms with Crippen LogP contribution in [-0.2, 0) is 2.79 Å². The minimum absolute atomic E-state index is 1.39. The van der Waals surface area contributed by atoms with Crippen molar-refractivity contribution in [3.05, 3.63) is 0 Å². The van der Waals surface area contributed by atoms with Crippen LogP contribution in [0.2, 0.25) is 52.5 Å². The summed E-state index contributed by atoms with van der Waals surface area (Å²) in [5.74, 6) is 0. The maximum absolute atomic E-state index is 9.67. The Hall–Kier alpha value is 2.13. The molecule has 0 atom stereocenters. The standard InChI is InChI=1S/C50H110Ge4O/c1-11-21-31-41-51(42-32-22-12-2,43-33-23-13-3)53(47-37-27-17-7,48-38-28-18-8)55-54(49-39-29-19-9,50-40-30-20-10)52(44-34-24-14-4,45-35-25-15-5)46-36-26-16-6/h11-50H2,1-10H3. The van der Waals surface area contributed by atoms with Gasteiger partial charge in [-0.05, 0) is 0 Å². The first-order valence-corrected chi connectivity index (χ1v) is 56.1. The van der Waals surface area contributed by atoms with Crippen LogP contribution in [0.4, 0.5) is 0 Å². The van der Waals surface area contributed by atoms with Crippen molar-refractivity contribution in [2.75, 3.05) is 0 Å². The molecule has 0 aliphatic heterocycles. The fourth-order valence-electron chi connectivity index (χ4n) is 11.1. The van der Waals surface area contributed by atoms with Gasteiger partial charge in [0, 0.05) is 0 Å². The molecular formula is C50H110Ge4O. The normalized spacial score (nSPS) is 13.0. The molecule has 5 heteroatoms. The summed E-state index contributed by atoms with van der Waals surface area (Å²) in [6.45, 7) is 24.9. The van der Waals surface area contributed by atoms with Crippen molar-refractivity contribution in [2.24, 2.45) is 0 Å². The molecule has 0 fully saturated rings. The van der Waals surface area contributed by atoms with E-state index in [0.29, 0.717) is 0 Å². The van der Waals surface area contributed by atoms with Crippen LogP contribution < -0.4 is 0 Å². The third-order valence-electron chi connectivity index (χ3n) is 14.6. The summed E-state index contributed by atoms with van der Waals surface area (Å²) < 4.78 is 9.67. The molecule has 0 aliphatic rings. The van der Waals surface area contributed by atoms with Crippen molar-refractivity contribution in [1.29, 1.82) is 0 Å². The summed E-state index contributed by atoms with van der Waals surface area (Å²) in [7, 11) is 0. The van der Waals surface area contributed by atoms with E-state index in [2.05, 4.69) is 69.2 Å². The summed E-state index contributed by atoms with van der Waals surface area (Å²) in [5, 5.41) is 17.0. The van der Waals surface area contributed by atoms with E-state index in [1.165, 1.54) is 154 Å². The molecule has 55 heavy (non-hydrogen) atoms. The van der Waals surface area contributed by atoms with Gasteiger partial charge in [-0.1, -0.05) is 0 Å². The van der Waals surface area contributed by atoms with E-state index >= 15 is 0 Å². The summed E-state index contributed by atoms with van der Waals surface area (Å²) in [6, 6.07) is 0. The quantitative estimate of drug-likeness (QED) is 0.0437. The second-order valence-corrected chi connectivity index (χ2v) is 94.5. The predicted octanol–water partition coefficient (Wildman–Crippen LogP) is 19.9. The van der Waals surface area contributed by atoms with Gasteiger partial charge in [-0.3, -0.25) is 0 Å². The number of rotatable bonds is 44. The van der Waals surface area contributed by atoms with Crippen LogP contribution in [0.25, 0.3) is 0 Å². The van der Waals surface area contributed by atoms with E-state index in [-0.39, 0.29) is 0 Å².